The van der Waals surface area contributed by atoms with Crippen LogP contribution >= 0.6 is 7.81 Å². The number of anilines is 2. The van der Waals surface area contributed by atoms with E-state index in [4.69, 9.17) is 0 Å². The maximum absolute atomic E-state index is 13.4. The van der Waals surface area contributed by atoms with E-state index in [1.54, 1.807) is 0 Å². The van der Waals surface area contributed by atoms with Gasteiger partial charge in [0, 0.05) is 60.8 Å². The molecule has 0 bridgehead atoms. The molecule has 12 heteroatoms. The Bertz CT molecular complexity index is 1390. The van der Waals surface area contributed by atoms with Gasteiger partial charge in [0.1, 0.15) is 11.6 Å². The fourth-order valence-electron chi connectivity index (χ4n) is 4.41. The van der Waals surface area contributed by atoms with Crippen molar-refractivity contribution in [2.75, 3.05) is 29.4 Å². The van der Waals surface area contributed by atoms with Crippen LogP contribution in [0.2, 0.25) is 0 Å². The summed E-state index contributed by atoms with van der Waals surface area (Å²) in [4.78, 5) is 4.41. The Balaban J connectivity index is 0.000000587. The van der Waals surface area contributed by atoms with Gasteiger partial charge in [-0.2, -0.15) is 4.58 Å². The molecule has 3 nitrogen and oxygen atoms in total. The molecular weight excluding hydrogens is 573 g/mol. The zero-order chi connectivity index (χ0) is 30.5. The van der Waals surface area contributed by atoms with E-state index < -0.39 is 7.81 Å². The molecule has 0 spiro atoms. The quantitative estimate of drug-likeness (QED) is 0.144. The summed E-state index contributed by atoms with van der Waals surface area (Å²) in [5.74, 6) is -0.441. The predicted molar refractivity (Wildman–Crippen MR) is 151 cm³/mol. The third-order valence-corrected chi connectivity index (χ3v) is 6.26. The molecule has 1 aliphatic heterocycles. The molecule has 4 rings (SSSR count). The van der Waals surface area contributed by atoms with Crippen molar-refractivity contribution in [2.24, 2.45) is 0 Å². The molecule has 1 heterocycles. The molecule has 0 aliphatic carbocycles. The first kappa shape index (κ1) is 32.1. The van der Waals surface area contributed by atoms with E-state index in [-0.39, 0.29) is 11.6 Å². The average molecular weight is 606 g/mol. The minimum absolute atomic E-state index is 0.219. The molecule has 41 heavy (non-hydrogen) atoms. The molecule has 0 amide bonds. The second-order valence-corrected chi connectivity index (χ2v) is 11.5. The third-order valence-electron chi connectivity index (χ3n) is 6.26. The molecule has 0 N–H and O–H groups in total. The van der Waals surface area contributed by atoms with Crippen LogP contribution < -0.4 is 9.80 Å². The van der Waals surface area contributed by atoms with Gasteiger partial charge in [0.2, 0.25) is 5.69 Å². The third kappa shape index (κ3) is 11.1. The van der Waals surface area contributed by atoms with Crippen LogP contribution in [-0.4, -0.2) is 30.4 Å². The first-order chi connectivity index (χ1) is 18.9. The number of hydrogen-bond donors (Lipinski definition) is 0. The number of nitrogens with zero attached hydrogens (tertiary/aromatic N) is 3. The summed E-state index contributed by atoms with van der Waals surface area (Å²) >= 11 is 0. The van der Waals surface area contributed by atoms with Crippen molar-refractivity contribution in [3.63, 3.8) is 0 Å². The average Bonchev–Trinajstić information content (AvgIpc) is 3.33. The van der Waals surface area contributed by atoms with Crippen molar-refractivity contribution in [2.45, 2.75) is 33.7 Å². The van der Waals surface area contributed by atoms with Crippen LogP contribution in [0.5, 0.6) is 0 Å². The second-order valence-electron chi connectivity index (χ2n) is 9.62. The molecule has 1 aliphatic rings. The molecule has 0 atom stereocenters. The molecule has 224 valence electrons. The zero-order valence-corrected chi connectivity index (χ0v) is 23.7. The van der Waals surface area contributed by atoms with E-state index in [1.807, 2.05) is 24.3 Å². The van der Waals surface area contributed by atoms with Crippen molar-refractivity contribution in [1.82, 2.24) is 0 Å². The summed E-state index contributed by atoms with van der Waals surface area (Å²) in [7, 11) is -10.7. The Morgan fingerprint density at radius 2 is 1.32 bits per heavy atom. The summed E-state index contributed by atoms with van der Waals surface area (Å²) in [5.41, 5.74) is 6.90. The van der Waals surface area contributed by atoms with Crippen molar-refractivity contribution < 1.29 is 38.5 Å². The fourth-order valence-corrected chi connectivity index (χ4v) is 4.41. The number of aryl methyl sites for hydroxylation is 1. The number of rotatable bonds is 8. The van der Waals surface area contributed by atoms with Gasteiger partial charge in [0.05, 0.1) is 0 Å². The van der Waals surface area contributed by atoms with Crippen LogP contribution in [0.3, 0.4) is 0 Å². The van der Waals surface area contributed by atoms with Gasteiger partial charge in [-0.15, -0.1) is 0 Å². The van der Waals surface area contributed by atoms with Gasteiger partial charge in [-0.3, -0.25) is 0 Å². The monoisotopic (exact) mass is 605 g/mol. The normalized spacial score (nSPS) is 15.9. The molecule has 0 unspecified atom stereocenters. The summed E-state index contributed by atoms with van der Waals surface area (Å²) in [6.07, 6.45) is 5.33. The van der Waals surface area contributed by atoms with Crippen LogP contribution in [0.1, 0.15) is 31.4 Å². The molecule has 3 aromatic rings. The molecule has 0 aromatic heterocycles. The van der Waals surface area contributed by atoms with Crippen molar-refractivity contribution in [1.29, 1.82) is 0 Å². The van der Waals surface area contributed by atoms with Crippen LogP contribution in [0.4, 0.5) is 51.0 Å². The van der Waals surface area contributed by atoms with Gasteiger partial charge < -0.3 is 9.80 Å². The van der Waals surface area contributed by atoms with Crippen molar-refractivity contribution in [3.8, 4) is 0 Å². The SMILES string of the molecule is CCN(/C=C1/C=[N+](c2ccc(C)cc2CN(CC)c2ccc(F)cc2)CC1)c1ccc(F)cc1.F[P-](F)(F)(F)(F)F. The van der Waals surface area contributed by atoms with Crippen LogP contribution in [-0.2, 0) is 6.54 Å². The Labute approximate surface area is 234 Å². The van der Waals surface area contributed by atoms with E-state index in [0.29, 0.717) is 0 Å². The van der Waals surface area contributed by atoms with Gasteiger partial charge in [-0.25, -0.2) is 8.78 Å². The van der Waals surface area contributed by atoms with Gasteiger partial charge in [-0.05, 0) is 75.4 Å². The van der Waals surface area contributed by atoms with E-state index in [1.165, 1.54) is 46.7 Å². The van der Waals surface area contributed by atoms with Gasteiger partial charge >= 0.3 is 33.0 Å². The van der Waals surface area contributed by atoms with E-state index in [0.717, 1.165) is 44.0 Å². The Kier molecular flexibility index (Phi) is 9.23. The Hall–Kier alpha value is -3.46. The second kappa shape index (κ2) is 11.8. The first-order valence-electron chi connectivity index (χ1n) is 12.9. The molecule has 0 fully saturated rings. The minimum atomic E-state index is -10.7. The van der Waals surface area contributed by atoms with E-state index in [2.05, 4.69) is 65.8 Å². The Morgan fingerprint density at radius 3 is 1.83 bits per heavy atom. The molecule has 0 saturated carbocycles. The fraction of sp³-hybridized carbons (Fsp3) is 0.276. The predicted octanol–water partition coefficient (Wildman–Crippen LogP) is 10.2. The molecule has 0 saturated heterocycles. The summed E-state index contributed by atoms with van der Waals surface area (Å²) in [6, 6.07) is 19.9. The molecular formula is C29H32F8N3P. The maximum atomic E-state index is 13.4. The zero-order valence-electron chi connectivity index (χ0n) is 22.9. The summed E-state index contributed by atoms with van der Waals surface area (Å²) < 4.78 is 88.3. The molecule has 0 radical (unpaired) electrons. The molecule has 3 aromatic carbocycles. The summed E-state index contributed by atoms with van der Waals surface area (Å²) in [6.45, 7) is 9.63. The van der Waals surface area contributed by atoms with Crippen LogP contribution in [0.15, 0.2) is 78.5 Å². The topological polar surface area (TPSA) is 9.49 Å². The van der Waals surface area contributed by atoms with Gasteiger partial charge in [-0.1, -0.05) is 11.6 Å². The van der Waals surface area contributed by atoms with Crippen LogP contribution in [0.25, 0.3) is 0 Å². The van der Waals surface area contributed by atoms with Gasteiger partial charge in [0.25, 0.3) is 0 Å². The van der Waals surface area contributed by atoms with E-state index in [9.17, 15) is 34.0 Å². The summed E-state index contributed by atoms with van der Waals surface area (Å²) in [5, 5.41) is 0. The number of hydrogen-bond acceptors (Lipinski definition) is 2. The first-order valence-corrected chi connectivity index (χ1v) is 15.0. The van der Waals surface area contributed by atoms with E-state index >= 15 is 0 Å². The van der Waals surface area contributed by atoms with Crippen molar-refractivity contribution in [3.05, 3.63) is 101 Å². The number of benzene rings is 3. The van der Waals surface area contributed by atoms with Crippen LogP contribution in [0, 0.1) is 18.6 Å². The van der Waals surface area contributed by atoms with Gasteiger partial charge in [0.15, 0.2) is 12.8 Å². The van der Waals surface area contributed by atoms with Crippen molar-refractivity contribution >= 4 is 31.1 Å². The Morgan fingerprint density at radius 1 is 0.780 bits per heavy atom. The standard InChI is InChI=1S/C29H32F2N3.F6P/c1-4-32(27-11-7-25(30)8-12-27)19-23-16-17-34(20-23)29-15-6-22(3)18-24(29)21-33(5-2)28-13-9-26(31)10-14-28;1-7(2,3,4,5)6/h6-15,18-20H,4-5,16-17,21H2,1-3H3;/q+1;-1. The number of halogens is 8.